The lowest BCUT2D eigenvalue weighted by atomic mass is 9.97. The fourth-order valence-corrected chi connectivity index (χ4v) is 3.40. The minimum Gasteiger partial charge on any atom is -0.484 e. The number of esters is 1. The van der Waals surface area contributed by atoms with Crippen LogP contribution in [0.3, 0.4) is 0 Å². The Morgan fingerprint density at radius 3 is 2.27 bits per heavy atom. The first-order valence-corrected chi connectivity index (χ1v) is 10.1. The van der Waals surface area contributed by atoms with Crippen molar-refractivity contribution in [3.8, 4) is 5.75 Å². The molecule has 9 heteroatoms. The molecule has 4 amide bonds. The summed E-state index contributed by atoms with van der Waals surface area (Å²) in [5.74, 6) is -1.05. The topological polar surface area (TPSA) is 114 Å². The van der Waals surface area contributed by atoms with E-state index >= 15 is 0 Å². The number of imide groups is 1. The zero-order chi connectivity index (χ0) is 22.1. The number of carbonyl (C=O) groups excluding carboxylic acids is 4. The van der Waals surface area contributed by atoms with Crippen molar-refractivity contribution in [3.63, 3.8) is 0 Å². The second-order valence-corrected chi connectivity index (χ2v) is 7.23. The molecule has 164 valence electrons. The highest BCUT2D eigenvalue weighted by molar-refractivity contribution is 5.97. The third kappa shape index (κ3) is 6.75. The molecule has 1 aliphatic heterocycles. The van der Waals surface area contributed by atoms with Gasteiger partial charge in [0.25, 0.3) is 11.8 Å². The molecule has 0 bridgehead atoms. The Labute approximate surface area is 176 Å². The number of hydrogen-bond donors (Lipinski definition) is 2. The standard InChI is InChI=1S/C21H29N3O6/c1-4-22-21(28)23-18(25)12-30-20(27)16-8-10-17(11-9-16)29-13-19(26)24-14(2)6-5-7-15(24)3/h8-11,14-15H,4-7,12-13H2,1-3H3,(H2,22,23,25,28). The molecule has 30 heavy (non-hydrogen) atoms. The summed E-state index contributed by atoms with van der Waals surface area (Å²) >= 11 is 0. The summed E-state index contributed by atoms with van der Waals surface area (Å²) < 4.78 is 10.4. The minimum absolute atomic E-state index is 0.0590. The van der Waals surface area contributed by atoms with Crippen LogP contribution in [0.5, 0.6) is 5.75 Å². The fraction of sp³-hybridized carbons (Fsp3) is 0.524. The zero-order valence-corrected chi connectivity index (χ0v) is 17.6. The van der Waals surface area contributed by atoms with E-state index in [2.05, 4.69) is 5.32 Å². The second-order valence-electron chi connectivity index (χ2n) is 7.23. The van der Waals surface area contributed by atoms with Crippen molar-refractivity contribution in [1.82, 2.24) is 15.5 Å². The van der Waals surface area contributed by atoms with E-state index in [-0.39, 0.29) is 30.2 Å². The first kappa shape index (κ1) is 23.2. The number of piperidine rings is 1. The van der Waals surface area contributed by atoms with Gasteiger partial charge in [0.1, 0.15) is 5.75 Å². The van der Waals surface area contributed by atoms with Crippen molar-refractivity contribution in [2.45, 2.75) is 52.1 Å². The number of carbonyl (C=O) groups is 4. The molecule has 2 atom stereocenters. The van der Waals surface area contributed by atoms with Crippen LogP contribution in [0.2, 0.25) is 0 Å². The third-order valence-electron chi connectivity index (χ3n) is 4.86. The largest absolute Gasteiger partial charge is 0.484 e. The second kappa shape index (κ2) is 11.2. The lowest BCUT2D eigenvalue weighted by Gasteiger charge is -2.38. The summed E-state index contributed by atoms with van der Waals surface area (Å²) in [5.41, 5.74) is 0.220. The average molecular weight is 419 g/mol. The zero-order valence-electron chi connectivity index (χ0n) is 17.6. The van der Waals surface area contributed by atoms with Crippen LogP contribution in [0.4, 0.5) is 4.79 Å². The molecule has 0 spiro atoms. The van der Waals surface area contributed by atoms with E-state index in [1.54, 1.807) is 19.1 Å². The monoisotopic (exact) mass is 419 g/mol. The highest BCUT2D eigenvalue weighted by atomic mass is 16.5. The predicted octanol–water partition coefficient (Wildman–Crippen LogP) is 1.86. The number of rotatable bonds is 7. The Morgan fingerprint density at radius 2 is 1.67 bits per heavy atom. The molecule has 1 fully saturated rings. The molecule has 9 nitrogen and oxygen atoms in total. The van der Waals surface area contributed by atoms with Crippen LogP contribution >= 0.6 is 0 Å². The summed E-state index contributed by atoms with van der Waals surface area (Å²) in [5, 5.41) is 4.43. The molecule has 1 aromatic rings. The first-order chi connectivity index (χ1) is 14.3. The van der Waals surface area contributed by atoms with Gasteiger partial charge in [0.05, 0.1) is 5.56 Å². The molecular formula is C21H29N3O6. The van der Waals surface area contributed by atoms with Gasteiger partial charge in [-0.15, -0.1) is 0 Å². The van der Waals surface area contributed by atoms with E-state index in [4.69, 9.17) is 9.47 Å². The number of urea groups is 1. The van der Waals surface area contributed by atoms with E-state index in [0.29, 0.717) is 12.3 Å². The van der Waals surface area contributed by atoms with Gasteiger partial charge in [0.2, 0.25) is 0 Å². The SMILES string of the molecule is CCNC(=O)NC(=O)COC(=O)c1ccc(OCC(=O)N2C(C)CCCC2C)cc1. The maximum absolute atomic E-state index is 12.5. The number of hydrogen-bond acceptors (Lipinski definition) is 6. The highest BCUT2D eigenvalue weighted by Crippen LogP contribution is 2.23. The number of ether oxygens (including phenoxy) is 2. The molecule has 0 aliphatic carbocycles. The van der Waals surface area contributed by atoms with Gasteiger partial charge >= 0.3 is 12.0 Å². The van der Waals surface area contributed by atoms with Crippen LogP contribution in [-0.2, 0) is 14.3 Å². The van der Waals surface area contributed by atoms with Crippen molar-refractivity contribution in [2.75, 3.05) is 19.8 Å². The number of amides is 4. The van der Waals surface area contributed by atoms with Crippen molar-refractivity contribution in [2.24, 2.45) is 0 Å². The smallest absolute Gasteiger partial charge is 0.338 e. The summed E-state index contributed by atoms with van der Waals surface area (Å²) in [7, 11) is 0. The molecule has 0 aromatic heterocycles. The maximum atomic E-state index is 12.5. The molecular weight excluding hydrogens is 390 g/mol. The molecule has 1 aromatic carbocycles. The van der Waals surface area contributed by atoms with Gasteiger partial charge in [-0.2, -0.15) is 0 Å². The van der Waals surface area contributed by atoms with Crippen molar-refractivity contribution < 1.29 is 28.7 Å². The quantitative estimate of drug-likeness (QED) is 0.652. The van der Waals surface area contributed by atoms with Gasteiger partial charge in [-0.05, 0) is 64.3 Å². The summed E-state index contributed by atoms with van der Waals surface area (Å²) in [6.45, 7) is 5.53. The van der Waals surface area contributed by atoms with Crippen LogP contribution in [0.15, 0.2) is 24.3 Å². The van der Waals surface area contributed by atoms with Crippen molar-refractivity contribution in [3.05, 3.63) is 29.8 Å². The molecule has 0 radical (unpaired) electrons. The number of likely N-dealkylation sites (tertiary alicyclic amines) is 1. The molecule has 0 saturated carbocycles. The number of benzene rings is 1. The van der Waals surface area contributed by atoms with Gasteiger partial charge in [0.15, 0.2) is 13.2 Å². The van der Waals surface area contributed by atoms with E-state index in [9.17, 15) is 19.2 Å². The van der Waals surface area contributed by atoms with E-state index < -0.39 is 24.5 Å². The van der Waals surface area contributed by atoms with Crippen LogP contribution in [0, 0.1) is 0 Å². The van der Waals surface area contributed by atoms with Gasteiger partial charge < -0.3 is 19.7 Å². The Hall–Kier alpha value is -3.10. The van der Waals surface area contributed by atoms with Gasteiger partial charge in [0, 0.05) is 18.6 Å². The summed E-state index contributed by atoms with van der Waals surface area (Å²) in [6.07, 6.45) is 3.11. The average Bonchev–Trinajstić information content (AvgIpc) is 2.71. The Kier molecular flexibility index (Phi) is 8.64. The van der Waals surface area contributed by atoms with Crippen LogP contribution < -0.4 is 15.4 Å². The minimum atomic E-state index is -0.728. The molecule has 2 rings (SSSR count). The van der Waals surface area contributed by atoms with Crippen LogP contribution in [0.25, 0.3) is 0 Å². The Balaban J connectivity index is 1.80. The van der Waals surface area contributed by atoms with Crippen LogP contribution in [-0.4, -0.2) is 60.6 Å². The number of nitrogens with one attached hydrogen (secondary N) is 2. The maximum Gasteiger partial charge on any atom is 0.338 e. The normalized spacial score (nSPS) is 18.3. The predicted molar refractivity (Wildman–Crippen MR) is 109 cm³/mol. The van der Waals surface area contributed by atoms with Gasteiger partial charge in [-0.25, -0.2) is 9.59 Å². The highest BCUT2D eigenvalue weighted by Gasteiger charge is 2.29. The Morgan fingerprint density at radius 1 is 1.03 bits per heavy atom. The molecule has 2 N–H and O–H groups in total. The lowest BCUT2D eigenvalue weighted by molar-refractivity contribution is -0.139. The Bertz CT molecular complexity index is 755. The summed E-state index contributed by atoms with van der Waals surface area (Å²) in [4.78, 5) is 49.1. The molecule has 1 heterocycles. The lowest BCUT2D eigenvalue weighted by Crippen LogP contribution is -2.49. The molecule has 1 aliphatic rings. The van der Waals surface area contributed by atoms with Crippen molar-refractivity contribution >= 4 is 23.8 Å². The van der Waals surface area contributed by atoms with E-state index in [0.717, 1.165) is 19.3 Å². The van der Waals surface area contributed by atoms with Crippen molar-refractivity contribution in [1.29, 1.82) is 0 Å². The summed E-state index contributed by atoms with van der Waals surface area (Å²) in [6, 6.07) is 5.83. The van der Waals surface area contributed by atoms with E-state index in [1.165, 1.54) is 12.1 Å². The first-order valence-electron chi connectivity index (χ1n) is 10.1. The number of nitrogens with zero attached hydrogens (tertiary/aromatic N) is 1. The molecule has 1 saturated heterocycles. The fourth-order valence-electron chi connectivity index (χ4n) is 3.40. The van der Waals surface area contributed by atoms with Crippen LogP contribution in [0.1, 0.15) is 50.4 Å². The van der Waals surface area contributed by atoms with Gasteiger partial charge in [-0.1, -0.05) is 0 Å². The third-order valence-corrected chi connectivity index (χ3v) is 4.86. The van der Waals surface area contributed by atoms with Gasteiger partial charge in [-0.3, -0.25) is 14.9 Å². The molecule has 2 unspecified atom stereocenters. The van der Waals surface area contributed by atoms with E-state index in [1.807, 2.05) is 24.1 Å².